The Labute approximate surface area is 180 Å². The van der Waals surface area contributed by atoms with Crippen molar-refractivity contribution in [3.8, 4) is 17.0 Å². The number of hydroxylamine groups is 2. The topological polar surface area (TPSA) is 84.6 Å². The maximum Gasteiger partial charge on any atom is 0.358 e. The van der Waals surface area contributed by atoms with E-state index in [1.165, 1.54) is 5.06 Å². The summed E-state index contributed by atoms with van der Waals surface area (Å²) in [5, 5.41) is 4.30. The molecule has 1 unspecified atom stereocenters. The van der Waals surface area contributed by atoms with Crippen molar-refractivity contribution in [3.05, 3.63) is 72.6 Å². The smallest absolute Gasteiger partial charge is 0.358 e. The molecule has 1 amide bonds. The maximum atomic E-state index is 12.2. The van der Waals surface area contributed by atoms with Crippen LogP contribution in [0, 0.1) is 0 Å². The van der Waals surface area contributed by atoms with Crippen molar-refractivity contribution in [2.75, 3.05) is 18.5 Å². The summed E-state index contributed by atoms with van der Waals surface area (Å²) in [7, 11) is 0. The fraction of sp³-hybridized carbons (Fsp3) is 0.217. The van der Waals surface area contributed by atoms with E-state index < -0.39 is 0 Å². The van der Waals surface area contributed by atoms with Crippen LogP contribution in [0.5, 0.6) is 5.75 Å². The van der Waals surface area contributed by atoms with Gasteiger partial charge in [-0.15, -0.1) is 0 Å². The molecule has 1 aliphatic rings. The molecule has 3 aromatic rings. The molecule has 0 radical (unpaired) electrons. The Balaban J connectivity index is 1.30. The summed E-state index contributed by atoms with van der Waals surface area (Å²) in [4.78, 5) is 33.3. The molecular formula is C23H23N4O4+. The zero-order chi connectivity index (χ0) is 21.6. The molecule has 1 N–H and O–H groups in total. The van der Waals surface area contributed by atoms with Gasteiger partial charge in [0, 0.05) is 5.56 Å². The van der Waals surface area contributed by atoms with Crippen molar-refractivity contribution in [2.24, 2.45) is 0 Å². The molecule has 1 aliphatic heterocycles. The lowest BCUT2D eigenvalue weighted by molar-refractivity contribution is -0.552. The second-order valence-electron chi connectivity index (χ2n) is 7.11. The van der Waals surface area contributed by atoms with E-state index in [4.69, 9.17) is 9.57 Å². The Morgan fingerprint density at radius 2 is 1.94 bits per heavy atom. The fourth-order valence-corrected chi connectivity index (χ4v) is 3.20. The molecule has 0 fully saturated rings. The van der Waals surface area contributed by atoms with Crippen LogP contribution >= 0.6 is 0 Å². The van der Waals surface area contributed by atoms with Crippen molar-refractivity contribution in [1.29, 1.82) is 0 Å². The highest BCUT2D eigenvalue weighted by Gasteiger charge is 2.35. The van der Waals surface area contributed by atoms with E-state index in [0.717, 1.165) is 11.1 Å². The summed E-state index contributed by atoms with van der Waals surface area (Å²) < 4.78 is 7.30. The van der Waals surface area contributed by atoms with Gasteiger partial charge in [-0.2, -0.15) is 4.57 Å². The Hall–Kier alpha value is -3.78. The molecule has 8 heteroatoms. The molecule has 0 saturated carbocycles. The van der Waals surface area contributed by atoms with Gasteiger partial charge in [0.15, 0.2) is 6.04 Å². The second-order valence-corrected chi connectivity index (χ2v) is 7.11. The van der Waals surface area contributed by atoms with Gasteiger partial charge in [0.25, 0.3) is 0 Å². The van der Waals surface area contributed by atoms with E-state index in [-0.39, 0.29) is 18.6 Å². The first-order chi connectivity index (χ1) is 15.1. The molecule has 8 nitrogen and oxygen atoms in total. The van der Waals surface area contributed by atoms with E-state index in [1.807, 2.05) is 61.5 Å². The minimum absolute atomic E-state index is 0.00665. The highest BCUT2D eigenvalue weighted by Crippen LogP contribution is 2.21. The Morgan fingerprint density at radius 1 is 1.16 bits per heavy atom. The summed E-state index contributed by atoms with van der Waals surface area (Å²) in [6.45, 7) is 2.72. The molecule has 158 valence electrons. The largest absolute Gasteiger partial charge is 0.492 e. The van der Waals surface area contributed by atoms with E-state index in [1.54, 1.807) is 17.0 Å². The predicted octanol–water partition coefficient (Wildman–Crippen LogP) is 2.46. The van der Waals surface area contributed by atoms with Crippen molar-refractivity contribution in [3.63, 3.8) is 0 Å². The van der Waals surface area contributed by atoms with Crippen LogP contribution in [0.1, 0.15) is 17.3 Å². The minimum atomic E-state index is -0.254. The third-order valence-corrected chi connectivity index (χ3v) is 4.90. The summed E-state index contributed by atoms with van der Waals surface area (Å²) in [5.74, 6) is 1.35. The number of amides is 1. The first-order valence-corrected chi connectivity index (χ1v) is 9.98. The second kappa shape index (κ2) is 9.36. The average molecular weight is 419 g/mol. The van der Waals surface area contributed by atoms with Crippen LogP contribution in [0.4, 0.5) is 5.82 Å². The van der Waals surface area contributed by atoms with Gasteiger partial charge in [-0.3, -0.25) is 14.9 Å². The number of fused-ring (bicyclic) bond motifs is 1. The molecule has 2 aromatic carbocycles. The normalized spacial score (nSPS) is 14.6. The van der Waals surface area contributed by atoms with E-state index in [0.29, 0.717) is 36.8 Å². The van der Waals surface area contributed by atoms with Crippen LogP contribution in [0.3, 0.4) is 0 Å². The molecule has 4 rings (SSSR count). The number of carbonyl (C=O) groups excluding carboxylic acids is 2. The third-order valence-electron chi connectivity index (χ3n) is 4.90. The van der Waals surface area contributed by atoms with Gasteiger partial charge in [0.1, 0.15) is 37.1 Å². The summed E-state index contributed by atoms with van der Waals surface area (Å²) >= 11 is 0. The monoisotopic (exact) mass is 419 g/mol. The summed E-state index contributed by atoms with van der Waals surface area (Å²) in [6, 6.07) is 16.8. The number of anilines is 1. The average Bonchev–Trinajstić information content (AvgIpc) is 3.10. The molecule has 0 saturated heterocycles. The van der Waals surface area contributed by atoms with Gasteiger partial charge in [0.05, 0.1) is 6.54 Å². The number of benzene rings is 2. The van der Waals surface area contributed by atoms with Gasteiger partial charge in [-0.05, 0) is 36.8 Å². The summed E-state index contributed by atoms with van der Waals surface area (Å²) in [5.41, 5.74) is 2.55. The number of hydrogen-bond donors (Lipinski definition) is 1. The molecule has 0 spiro atoms. The number of hydrogen-bond acceptors (Lipinski definition) is 6. The van der Waals surface area contributed by atoms with E-state index in [2.05, 4.69) is 10.3 Å². The van der Waals surface area contributed by atoms with Crippen molar-refractivity contribution in [1.82, 2.24) is 10.0 Å². The van der Waals surface area contributed by atoms with Crippen molar-refractivity contribution >= 4 is 18.1 Å². The van der Waals surface area contributed by atoms with Gasteiger partial charge in [0.2, 0.25) is 6.41 Å². The number of aromatic nitrogens is 2. The van der Waals surface area contributed by atoms with E-state index in [9.17, 15) is 9.59 Å². The number of nitrogens with zero attached hydrogens (tertiary/aromatic N) is 3. The molecule has 0 bridgehead atoms. The van der Waals surface area contributed by atoms with Gasteiger partial charge in [-0.1, -0.05) is 30.3 Å². The highest BCUT2D eigenvalue weighted by molar-refractivity contribution is 5.81. The summed E-state index contributed by atoms with van der Waals surface area (Å²) in [6.07, 6.45) is 4.03. The number of carbonyl (C=O) groups is 2. The quantitative estimate of drug-likeness (QED) is 0.326. The van der Waals surface area contributed by atoms with Crippen LogP contribution in [0.15, 0.2) is 67.0 Å². The standard InChI is InChI=1S/C23H22N4O4/c1-17-23(29)27-14-21(24-13-22(27)25-17)19-7-9-20(10-8-19)30-12-11-26(16-28)31-15-18-5-3-2-4-6-18/h2-10,13-14,16-17H,11-12,15H2,1H3/p+1. The molecule has 1 atom stereocenters. The number of ether oxygens (including phenoxy) is 1. The zero-order valence-electron chi connectivity index (χ0n) is 17.1. The lowest BCUT2D eigenvalue weighted by atomic mass is 10.1. The third kappa shape index (κ3) is 4.87. The highest BCUT2D eigenvalue weighted by atomic mass is 16.7. The molecule has 2 heterocycles. The zero-order valence-corrected chi connectivity index (χ0v) is 17.1. The number of rotatable bonds is 9. The first-order valence-electron chi connectivity index (χ1n) is 9.98. The molecule has 1 aromatic heterocycles. The van der Waals surface area contributed by atoms with Crippen LogP contribution in [0.25, 0.3) is 11.3 Å². The SMILES string of the molecule is CC1Nc2cnc(-c3ccc(OCCN(C=O)OCc4ccccc4)cc3)c[n+]2C1=O. The maximum absolute atomic E-state index is 12.2. The minimum Gasteiger partial charge on any atom is -0.492 e. The lowest BCUT2D eigenvalue weighted by Gasteiger charge is -2.17. The van der Waals surface area contributed by atoms with Gasteiger partial charge in [-0.25, -0.2) is 14.8 Å². The first kappa shape index (κ1) is 20.5. The van der Waals surface area contributed by atoms with Crippen LogP contribution in [0.2, 0.25) is 0 Å². The van der Waals surface area contributed by atoms with Crippen molar-refractivity contribution < 1.29 is 23.7 Å². The van der Waals surface area contributed by atoms with E-state index >= 15 is 0 Å². The molecule has 0 aliphatic carbocycles. The lowest BCUT2D eigenvalue weighted by Crippen LogP contribution is -2.42. The Morgan fingerprint density at radius 3 is 2.68 bits per heavy atom. The van der Waals surface area contributed by atoms with Crippen molar-refractivity contribution in [2.45, 2.75) is 19.6 Å². The van der Waals surface area contributed by atoms with Gasteiger partial charge >= 0.3 is 11.7 Å². The Bertz CT molecular complexity index is 1060. The fourth-order valence-electron chi connectivity index (χ4n) is 3.20. The molecular weight excluding hydrogens is 396 g/mol. The van der Waals surface area contributed by atoms with Crippen LogP contribution in [-0.2, 0) is 16.2 Å². The van der Waals surface area contributed by atoms with Crippen LogP contribution < -0.4 is 14.6 Å². The van der Waals surface area contributed by atoms with Gasteiger partial charge < -0.3 is 4.74 Å². The Kier molecular flexibility index (Phi) is 6.18. The predicted molar refractivity (Wildman–Crippen MR) is 113 cm³/mol. The van der Waals surface area contributed by atoms with Crippen LogP contribution in [-0.4, -0.2) is 41.6 Å². The molecule has 31 heavy (non-hydrogen) atoms. The number of nitrogens with one attached hydrogen (secondary N) is 1.